The van der Waals surface area contributed by atoms with Crippen molar-refractivity contribution in [3.05, 3.63) is 23.8 Å². The van der Waals surface area contributed by atoms with Gasteiger partial charge in [-0.1, -0.05) is 25.3 Å². The molecule has 1 fully saturated rings. The fraction of sp³-hybridized carbons (Fsp3) is 0.556. The lowest BCUT2D eigenvalue weighted by atomic mass is 9.88. The monoisotopic (exact) mass is 317 g/mol. The Morgan fingerprint density at radius 3 is 2.57 bits per heavy atom. The molecule has 1 aromatic rings. The molecule has 0 radical (unpaired) electrons. The lowest BCUT2D eigenvalue weighted by Gasteiger charge is -2.22. The molecule has 0 aliphatic heterocycles. The maximum atomic E-state index is 12.4. The maximum Gasteiger partial charge on any atom is 0.227 e. The second-order valence-electron chi connectivity index (χ2n) is 6.31. The maximum absolute atomic E-state index is 12.4. The van der Waals surface area contributed by atoms with E-state index in [0.29, 0.717) is 30.8 Å². The van der Waals surface area contributed by atoms with Gasteiger partial charge in [-0.05, 0) is 50.4 Å². The number of rotatable bonds is 6. The fourth-order valence-electron chi connectivity index (χ4n) is 2.95. The van der Waals surface area contributed by atoms with Gasteiger partial charge >= 0.3 is 0 Å². The lowest BCUT2D eigenvalue weighted by Crippen LogP contribution is -2.25. The first-order chi connectivity index (χ1) is 11.1. The molecule has 23 heavy (non-hydrogen) atoms. The molecule has 5 heteroatoms. The smallest absolute Gasteiger partial charge is 0.227 e. The lowest BCUT2D eigenvalue weighted by molar-refractivity contribution is -0.120. The van der Waals surface area contributed by atoms with Crippen LogP contribution in [-0.2, 0) is 9.59 Å². The number of carbonyl (C=O) groups is 2. The Kier molecular flexibility index (Phi) is 6.59. The number of aryl methyl sites for hydroxylation is 1. The minimum absolute atomic E-state index is 0.0611. The predicted octanol–water partition coefficient (Wildman–Crippen LogP) is 3.19. The Morgan fingerprint density at radius 2 is 1.87 bits per heavy atom. The summed E-state index contributed by atoms with van der Waals surface area (Å²) in [7, 11) is 0. The largest absolute Gasteiger partial charge is 0.330 e. The molecule has 2 rings (SSSR count). The van der Waals surface area contributed by atoms with Gasteiger partial charge in [0.1, 0.15) is 0 Å². The van der Waals surface area contributed by atoms with Gasteiger partial charge in [-0.15, -0.1) is 0 Å². The standard InChI is InChI=1S/C18H27N3O2/c1-13-9-10-15(16(12-13)20-17(22)8-5-11-19)21-18(23)14-6-3-2-4-7-14/h9-10,12,14H,2-8,11,19H2,1H3,(H,20,22)(H,21,23). The van der Waals surface area contributed by atoms with E-state index in [4.69, 9.17) is 5.73 Å². The molecule has 0 saturated heterocycles. The number of benzene rings is 1. The van der Waals surface area contributed by atoms with Crippen molar-refractivity contribution >= 4 is 23.2 Å². The molecule has 0 spiro atoms. The normalized spacial score (nSPS) is 15.2. The van der Waals surface area contributed by atoms with Crippen LogP contribution in [0.1, 0.15) is 50.5 Å². The van der Waals surface area contributed by atoms with Crippen LogP contribution in [0.5, 0.6) is 0 Å². The van der Waals surface area contributed by atoms with Crippen LogP contribution in [0.3, 0.4) is 0 Å². The summed E-state index contributed by atoms with van der Waals surface area (Å²) in [6.07, 6.45) is 6.41. The molecule has 0 aromatic heterocycles. The predicted molar refractivity (Wildman–Crippen MR) is 93.3 cm³/mol. The van der Waals surface area contributed by atoms with Gasteiger partial charge in [0.05, 0.1) is 11.4 Å². The summed E-state index contributed by atoms with van der Waals surface area (Å²) in [4.78, 5) is 24.4. The highest BCUT2D eigenvalue weighted by atomic mass is 16.2. The zero-order valence-corrected chi connectivity index (χ0v) is 13.9. The highest BCUT2D eigenvalue weighted by Crippen LogP contribution is 2.28. The molecule has 1 aromatic carbocycles. The highest BCUT2D eigenvalue weighted by Gasteiger charge is 2.22. The van der Waals surface area contributed by atoms with E-state index in [1.807, 2.05) is 25.1 Å². The number of amides is 2. The number of hydrogen-bond acceptors (Lipinski definition) is 3. The molecule has 0 unspecified atom stereocenters. The molecule has 1 aliphatic carbocycles. The van der Waals surface area contributed by atoms with Gasteiger partial charge in [0.15, 0.2) is 0 Å². The van der Waals surface area contributed by atoms with E-state index >= 15 is 0 Å². The summed E-state index contributed by atoms with van der Waals surface area (Å²) in [6, 6.07) is 5.68. The molecular formula is C18H27N3O2. The molecule has 1 aliphatic rings. The summed E-state index contributed by atoms with van der Waals surface area (Å²) >= 11 is 0. The summed E-state index contributed by atoms with van der Waals surface area (Å²) < 4.78 is 0. The summed E-state index contributed by atoms with van der Waals surface area (Å²) in [5.41, 5.74) is 7.81. The van der Waals surface area contributed by atoms with Crippen molar-refractivity contribution in [3.63, 3.8) is 0 Å². The molecule has 2 amide bonds. The number of anilines is 2. The first-order valence-electron chi connectivity index (χ1n) is 8.51. The first-order valence-corrected chi connectivity index (χ1v) is 8.51. The Hall–Kier alpha value is -1.88. The number of nitrogens with one attached hydrogen (secondary N) is 2. The van der Waals surface area contributed by atoms with Crippen molar-refractivity contribution in [2.24, 2.45) is 11.7 Å². The van der Waals surface area contributed by atoms with Crippen molar-refractivity contribution < 1.29 is 9.59 Å². The van der Waals surface area contributed by atoms with Crippen LogP contribution in [0, 0.1) is 12.8 Å². The van der Waals surface area contributed by atoms with E-state index in [1.165, 1.54) is 6.42 Å². The zero-order chi connectivity index (χ0) is 16.7. The van der Waals surface area contributed by atoms with Crippen LogP contribution in [-0.4, -0.2) is 18.4 Å². The van der Waals surface area contributed by atoms with Crippen LogP contribution in [0.2, 0.25) is 0 Å². The minimum atomic E-state index is -0.0748. The van der Waals surface area contributed by atoms with E-state index in [2.05, 4.69) is 10.6 Å². The van der Waals surface area contributed by atoms with Gasteiger partial charge in [-0.2, -0.15) is 0 Å². The van der Waals surface area contributed by atoms with E-state index in [1.54, 1.807) is 0 Å². The van der Waals surface area contributed by atoms with E-state index < -0.39 is 0 Å². The van der Waals surface area contributed by atoms with Gasteiger partial charge in [0.25, 0.3) is 0 Å². The Morgan fingerprint density at radius 1 is 1.13 bits per heavy atom. The molecular weight excluding hydrogens is 290 g/mol. The van der Waals surface area contributed by atoms with E-state index in [0.717, 1.165) is 31.2 Å². The topological polar surface area (TPSA) is 84.2 Å². The average molecular weight is 317 g/mol. The third kappa shape index (κ3) is 5.36. The van der Waals surface area contributed by atoms with Gasteiger partial charge in [0.2, 0.25) is 11.8 Å². The quantitative estimate of drug-likeness (QED) is 0.753. The van der Waals surface area contributed by atoms with Crippen LogP contribution < -0.4 is 16.4 Å². The SMILES string of the molecule is Cc1ccc(NC(=O)C2CCCCC2)c(NC(=O)CCCN)c1. The molecule has 0 atom stereocenters. The third-order valence-electron chi connectivity index (χ3n) is 4.29. The van der Waals surface area contributed by atoms with Crippen molar-refractivity contribution in [1.82, 2.24) is 0 Å². The molecule has 126 valence electrons. The van der Waals surface area contributed by atoms with Crippen LogP contribution in [0.4, 0.5) is 11.4 Å². The van der Waals surface area contributed by atoms with Gasteiger partial charge < -0.3 is 16.4 Å². The Labute approximate surface area is 138 Å². The second-order valence-corrected chi connectivity index (χ2v) is 6.31. The van der Waals surface area contributed by atoms with Gasteiger partial charge in [0, 0.05) is 12.3 Å². The van der Waals surface area contributed by atoms with Crippen molar-refractivity contribution in [2.45, 2.75) is 51.9 Å². The van der Waals surface area contributed by atoms with Crippen LogP contribution >= 0.6 is 0 Å². The molecule has 1 saturated carbocycles. The summed E-state index contributed by atoms with van der Waals surface area (Å²) in [5.74, 6) is 0.0751. The number of hydrogen-bond donors (Lipinski definition) is 3. The van der Waals surface area contributed by atoms with Crippen molar-refractivity contribution in [3.8, 4) is 0 Å². The van der Waals surface area contributed by atoms with E-state index in [-0.39, 0.29) is 17.7 Å². The summed E-state index contributed by atoms with van der Waals surface area (Å²) in [6.45, 7) is 2.45. The van der Waals surface area contributed by atoms with Crippen molar-refractivity contribution in [1.29, 1.82) is 0 Å². The number of carbonyl (C=O) groups excluding carboxylic acids is 2. The van der Waals surface area contributed by atoms with Crippen LogP contribution in [0.15, 0.2) is 18.2 Å². The summed E-state index contributed by atoms with van der Waals surface area (Å²) in [5, 5.41) is 5.88. The highest BCUT2D eigenvalue weighted by molar-refractivity contribution is 6.00. The van der Waals surface area contributed by atoms with E-state index in [9.17, 15) is 9.59 Å². The molecule has 0 heterocycles. The van der Waals surface area contributed by atoms with Gasteiger partial charge in [-0.3, -0.25) is 9.59 Å². The average Bonchev–Trinajstić information content (AvgIpc) is 2.56. The first kappa shape index (κ1) is 17.5. The third-order valence-corrected chi connectivity index (χ3v) is 4.29. The minimum Gasteiger partial charge on any atom is -0.330 e. The second kappa shape index (κ2) is 8.67. The van der Waals surface area contributed by atoms with Gasteiger partial charge in [-0.25, -0.2) is 0 Å². The van der Waals surface area contributed by atoms with Crippen molar-refractivity contribution in [2.75, 3.05) is 17.2 Å². The Balaban J connectivity index is 2.05. The van der Waals surface area contributed by atoms with Crippen LogP contribution in [0.25, 0.3) is 0 Å². The molecule has 0 bridgehead atoms. The zero-order valence-electron chi connectivity index (χ0n) is 13.9. The Bertz CT molecular complexity index is 551. The molecule has 4 N–H and O–H groups in total. The number of nitrogens with two attached hydrogens (primary N) is 1. The molecule has 5 nitrogen and oxygen atoms in total. The fourth-order valence-corrected chi connectivity index (χ4v) is 2.95.